The van der Waals surface area contributed by atoms with Crippen LogP contribution in [0.4, 0.5) is 0 Å². The summed E-state index contributed by atoms with van der Waals surface area (Å²) in [5.41, 5.74) is 1.93. The molecule has 22 heavy (non-hydrogen) atoms. The van der Waals surface area contributed by atoms with Gasteiger partial charge in [0.25, 0.3) is 10.2 Å². The number of aromatic nitrogens is 2. The van der Waals surface area contributed by atoms with Gasteiger partial charge >= 0.3 is 0 Å². The van der Waals surface area contributed by atoms with Crippen molar-refractivity contribution in [1.29, 1.82) is 0 Å². The van der Waals surface area contributed by atoms with E-state index in [4.69, 9.17) is 4.74 Å². The Balaban J connectivity index is 1.78. The monoisotopic (exact) mass is 328 g/mol. The Bertz CT molecular complexity index is 637. The molecule has 1 aliphatic heterocycles. The fourth-order valence-corrected chi connectivity index (χ4v) is 4.01. The number of nitrogens with zero attached hydrogens (tertiary/aromatic N) is 4. The lowest BCUT2D eigenvalue weighted by Crippen LogP contribution is -2.45. The summed E-state index contributed by atoms with van der Waals surface area (Å²) in [6.45, 7) is 2.10. The van der Waals surface area contributed by atoms with Crippen LogP contribution in [-0.2, 0) is 28.5 Å². The van der Waals surface area contributed by atoms with Crippen LogP contribution in [0.1, 0.15) is 30.1 Å². The molecule has 0 amide bonds. The van der Waals surface area contributed by atoms with Crippen molar-refractivity contribution in [2.45, 2.75) is 25.3 Å². The summed E-state index contributed by atoms with van der Waals surface area (Å²) in [4.78, 5) is 4.37. The van der Waals surface area contributed by atoms with E-state index < -0.39 is 10.2 Å². The molecule has 1 saturated carbocycles. The Labute approximate surface area is 132 Å². The zero-order valence-corrected chi connectivity index (χ0v) is 14.2. The van der Waals surface area contributed by atoms with E-state index in [0.717, 1.165) is 18.0 Å². The standard InChI is InChI=1S/C14H24N4O3S/c1-16(2)22(19,20)18-6-12(9-21-8-11-4-5-11)14-13(7-18)15-10-17(14)3/h10-12H,4-9H2,1-3H3/t12-/m0/s1. The second-order valence-electron chi connectivity index (χ2n) is 6.45. The molecule has 124 valence electrons. The predicted molar refractivity (Wildman–Crippen MR) is 82.5 cm³/mol. The van der Waals surface area contributed by atoms with Gasteiger partial charge in [0.2, 0.25) is 0 Å². The molecule has 1 fully saturated rings. The van der Waals surface area contributed by atoms with E-state index >= 15 is 0 Å². The van der Waals surface area contributed by atoms with Crippen LogP contribution >= 0.6 is 0 Å². The molecule has 1 aromatic rings. The minimum atomic E-state index is -3.43. The molecule has 0 N–H and O–H groups in total. The average Bonchev–Trinajstić information content (AvgIpc) is 3.21. The maximum atomic E-state index is 12.4. The second kappa shape index (κ2) is 5.92. The largest absolute Gasteiger partial charge is 0.380 e. The second-order valence-corrected chi connectivity index (χ2v) is 8.59. The molecular formula is C14H24N4O3S. The normalized spacial score (nSPS) is 23.0. The maximum Gasteiger partial charge on any atom is 0.281 e. The van der Waals surface area contributed by atoms with Gasteiger partial charge < -0.3 is 9.30 Å². The van der Waals surface area contributed by atoms with Gasteiger partial charge in [0, 0.05) is 45.9 Å². The number of hydrogen-bond donors (Lipinski definition) is 0. The van der Waals surface area contributed by atoms with Crippen LogP contribution in [-0.4, -0.2) is 60.4 Å². The van der Waals surface area contributed by atoms with Gasteiger partial charge in [-0.1, -0.05) is 0 Å². The Hall–Kier alpha value is -0.960. The third kappa shape index (κ3) is 3.05. The third-order valence-electron chi connectivity index (χ3n) is 4.36. The van der Waals surface area contributed by atoms with Crippen LogP contribution < -0.4 is 0 Å². The Morgan fingerprint density at radius 3 is 2.73 bits per heavy atom. The SMILES string of the molecule is CN(C)S(=O)(=O)N1Cc2ncn(C)c2[C@H](COCC2CC2)C1. The van der Waals surface area contributed by atoms with E-state index in [0.29, 0.717) is 25.6 Å². The van der Waals surface area contributed by atoms with Gasteiger partial charge in [0.05, 0.1) is 25.2 Å². The van der Waals surface area contributed by atoms with Gasteiger partial charge in [-0.25, -0.2) is 4.98 Å². The number of hydrogen-bond acceptors (Lipinski definition) is 4. The molecule has 0 saturated heterocycles. The lowest BCUT2D eigenvalue weighted by molar-refractivity contribution is 0.0993. The summed E-state index contributed by atoms with van der Waals surface area (Å²) in [6, 6.07) is 0. The molecule has 8 heteroatoms. The molecule has 2 aliphatic rings. The first-order chi connectivity index (χ1) is 10.4. The molecule has 0 aromatic carbocycles. The van der Waals surface area contributed by atoms with Crippen LogP contribution in [0, 0.1) is 5.92 Å². The van der Waals surface area contributed by atoms with E-state index in [1.807, 2.05) is 11.6 Å². The summed E-state index contributed by atoms with van der Waals surface area (Å²) < 4.78 is 35.4. The van der Waals surface area contributed by atoms with Crippen molar-refractivity contribution in [1.82, 2.24) is 18.2 Å². The summed E-state index contributed by atoms with van der Waals surface area (Å²) in [5.74, 6) is 0.737. The molecule has 1 aromatic heterocycles. The number of imidazole rings is 1. The van der Waals surface area contributed by atoms with Gasteiger partial charge in [-0.3, -0.25) is 0 Å². The first kappa shape index (κ1) is 15.9. The van der Waals surface area contributed by atoms with Crippen LogP contribution in [0.5, 0.6) is 0 Å². The summed E-state index contributed by atoms with van der Waals surface area (Å²) in [7, 11) is 1.64. The molecule has 2 heterocycles. The van der Waals surface area contributed by atoms with Crippen molar-refractivity contribution in [3.8, 4) is 0 Å². The van der Waals surface area contributed by atoms with Crippen LogP contribution in [0.2, 0.25) is 0 Å². The minimum Gasteiger partial charge on any atom is -0.380 e. The average molecular weight is 328 g/mol. The molecule has 3 rings (SSSR count). The molecule has 1 atom stereocenters. The van der Waals surface area contributed by atoms with Crippen molar-refractivity contribution < 1.29 is 13.2 Å². The molecule has 7 nitrogen and oxygen atoms in total. The first-order valence-electron chi connectivity index (χ1n) is 7.65. The number of fused-ring (bicyclic) bond motifs is 1. The smallest absolute Gasteiger partial charge is 0.281 e. The predicted octanol–water partition coefficient (Wildman–Crippen LogP) is 0.552. The van der Waals surface area contributed by atoms with Crippen molar-refractivity contribution in [3.63, 3.8) is 0 Å². The highest BCUT2D eigenvalue weighted by atomic mass is 32.2. The first-order valence-corrected chi connectivity index (χ1v) is 9.04. The number of rotatable bonds is 6. The summed E-state index contributed by atoms with van der Waals surface area (Å²) in [5, 5.41) is 0. The Morgan fingerprint density at radius 2 is 2.09 bits per heavy atom. The van der Waals surface area contributed by atoms with Crippen LogP contribution in [0.15, 0.2) is 6.33 Å². The quantitative estimate of drug-likeness (QED) is 0.765. The van der Waals surface area contributed by atoms with Gasteiger partial charge in [-0.15, -0.1) is 0 Å². The molecule has 0 radical (unpaired) electrons. The fourth-order valence-electron chi connectivity index (χ4n) is 2.90. The molecule has 1 aliphatic carbocycles. The fraction of sp³-hybridized carbons (Fsp3) is 0.786. The molecular weight excluding hydrogens is 304 g/mol. The minimum absolute atomic E-state index is 0.0322. The number of aryl methyl sites for hydroxylation is 1. The van der Waals surface area contributed by atoms with E-state index in [9.17, 15) is 8.42 Å². The topological polar surface area (TPSA) is 67.7 Å². The van der Waals surface area contributed by atoms with Gasteiger partial charge in [0.15, 0.2) is 0 Å². The highest BCUT2D eigenvalue weighted by Crippen LogP contribution is 2.32. The highest BCUT2D eigenvalue weighted by molar-refractivity contribution is 7.86. The maximum absolute atomic E-state index is 12.4. The molecule has 0 spiro atoms. The molecule has 0 unspecified atom stereocenters. The van der Waals surface area contributed by atoms with Crippen molar-refractivity contribution >= 4 is 10.2 Å². The summed E-state index contributed by atoms with van der Waals surface area (Å²) in [6.07, 6.45) is 4.26. The van der Waals surface area contributed by atoms with Gasteiger partial charge in [0.1, 0.15) is 0 Å². The van der Waals surface area contributed by atoms with Crippen LogP contribution in [0.25, 0.3) is 0 Å². The third-order valence-corrected chi connectivity index (χ3v) is 6.21. The summed E-state index contributed by atoms with van der Waals surface area (Å²) >= 11 is 0. The van der Waals surface area contributed by atoms with Crippen molar-refractivity contribution in [2.75, 3.05) is 33.9 Å². The van der Waals surface area contributed by atoms with E-state index in [1.165, 1.54) is 21.5 Å². The lowest BCUT2D eigenvalue weighted by Gasteiger charge is -2.33. The highest BCUT2D eigenvalue weighted by Gasteiger charge is 2.36. The van der Waals surface area contributed by atoms with Gasteiger partial charge in [-0.2, -0.15) is 17.0 Å². The zero-order valence-electron chi connectivity index (χ0n) is 13.4. The van der Waals surface area contributed by atoms with E-state index in [1.54, 1.807) is 20.4 Å². The van der Waals surface area contributed by atoms with Gasteiger partial charge in [-0.05, 0) is 18.8 Å². The Kier molecular flexibility index (Phi) is 4.28. The van der Waals surface area contributed by atoms with E-state index in [2.05, 4.69) is 4.98 Å². The zero-order chi connectivity index (χ0) is 15.9. The van der Waals surface area contributed by atoms with E-state index in [-0.39, 0.29) is 5.92 Å². The Morgan fingerprint density at radius 1 is 1.36 bits per heavy atom. The van der Waals surface area contributed by atoms with Crippen molar-refractivity contribution in [3.05, 3.63) is 17.7 Å². The molecule has 0 bridgehead atoms. The lowest BCUT2D eigenvalue weighted by atomic mass is 10.0. The number of ether oxygens (including phenoxy) is 1. The van der Waals surface area contributed by atoms with Crippen LogP contribution in [0.3, 0.4) is 0 Å². The van der Waals surface area contributed by atoms with Crippen molar-refractivity contribution in [2.24, 2.45) is 13.0 Å².